The standard InChI is InChI=1S/C18H18N2O5/c1-23-13-6-7-16(24-2)14(9-13)15-10-17(25-20-15)18(22)19-11-4-3-5-12(21)8-11/h3-9,17,21H,10H2,1-2H3,(H,19,22)/t17-/m0/s1. The number of rotatable bonds is 5. The van der Waals surface area contributed by atoms with E-state index in [9.17, 15) is 9.90 Å². The minimum Gasteiger partial charge on any atom is -0.508 e. The molecule has 2 aromatic rings. The summed E-state index contributed by atoms with van der Waals surface area (Å²) in [6.45, 7) is 0. The number of phenols is 1. The van der Waals surface area contributed by atoms with Crippen molar-refractivity contribution in [1.82, 2.24) is 0 Å². The molecule has 1 atom stereocenters. The van der Waals surface area contributed by atoms with Crippen molar-refractivity contribution in [2.75, 3.05) is 19.5 Å². The molecule has 0 saturated carbocycles. The molecule has 0 aromatic heterocycles. The Hall–Kier alpha value is -3.22. The Morgan fingerprint density at radius 1 is 1.24 bits per heavy atom. The van der Waals surface area contributed by atoms with Gasteiger partial charge in [-0.3, -0.25) is 4.79 Å². The summed E-state index contributed by atoms with van der Waals surface area (Å²) >= 11 is 0. The first-order valence-electron chi connectivity index (χ1n) is 7.65. The number of amides is 1. The number of methoxy groups -OCH3 is 2. The van der Waals surface area contributed by atoms with Crippen molar-refractivity contribution in [3.05, 3.63) is 48.0 Å². The molecule has 0 saturated heterocycles. The molecule has 3 rings (SSSR count). The molecule has 7 nitrogen and oxygen atoms in total. The van der Waals surface area contributed by atoms with Crippen molar-refractivity contribution >= 4 is 17.3 Å². The van der Waals surface area contributed by atoms with Gasteiger partial charge in [-0.1, -0.05) is 11.2 Å². The van der Waals surface area contributed by atoms with Crippen molar-refractivity contribution in [3.8, 4) is 17.2 Å². The summed E-state index contributed by atoms with van der Waals surface area (Å²) in [5, 5.41) is 16.2. The van der Waals surface area contributed by atoms with Crippen LogP contribution >= 0.6 is 0 Å². The number of nitrogens with one attached hydrogen (secondary N) is 1. The van der Waals surface area contributed by atoms with Gasteiger partial charge in [-0.2, -0.15) is 0 Å². The van der Waals surface area contributed by atoms with E-state index in [2.05, 4.69) is 10.5 Å². The lowest BCUT2D eigenvalue weighted by molar-refractivity contribution is -0.125. The molecule has 0 radical (unpaired) electrons. The largest absolute Gasteiger partial charge is 0.508 e. The number of oxime groups is 1. The van der Waals surface area contributed by atoms with Crippen LogP contribution in [0.1, 0.15) is 12.0 Å². The number of carbonyl (C=O) groups is 1. The van der Waals surface area contributed by atoms with Gasteiger partial charge in [0.2, 0.25) is 6.10 Å². The maximum atomic E-state index is 12.3. The molecule has 130 valence electrons. The van der Waals surface area contributed by atoms with Gasteiger partial charge >= 0.3 is 0 Å². The Labute approximate surface area is 144 Å². The summed E-state index contributed by atoms with van der Waals surface area (Å²) < 4.78 is 10.6. The minimum absolute atomic E-state index is 0.0724. The van der Waals surface area contributed by atoms with E-state index in [0.717, 1.165) is 5.56 Å². The fraction of sp³-hybridized carbons (Fsp3) is 0.222. The van der Waals surface area contributed by atoms with Crippen LogP contribution in [-0.2, 0) is 9.63 Å². The van der Waals surface area contributed by atoms with E-state index in [0.29, 0.717) is 29.3 Å². The van der Waals surface area contributed by atoms with Gasteiger partial charge in [0.05, 0.1) is 19.9 Å². The van der Waals surface area contributed by atoms with Gasteiger partial charge in [0.25, 0.3) is 5.91 Å². The molecule has 2 N–H and O–H groups in total. The second kappa shape index (κ2) is 7.12. The smallest absolute Gasteiger partial charge is 0.268 e. The highest BCUT2D eigenvalue weighted by atomic mass is 16.6. The van der Waals surface area contributed by atoms with Gasteiger partial charge in [0.1, 0.15) is 17.2 Å². The Kier molecular flexibility index (Phi) is 4.74. The molecule has 2 aromatic carbocycles. The Morgan fingerprint density at radius 2 is 2.08 bits per heavy atom. The maximum Gasteiger partial charge on any atom is 0.268 e. The van der Waals surface area contributed by atoms with Crippen molar-refractivity contribution in [3.63, 3.8) is 0 Å². The maximum absolute atomic E-state index is 12.3. The Morgan fingerprint density at radius 3 is 2.80 bits per heavy atom. The summed E-state index contributed by atoms with van der Waals surface area (Å²) in [5.74, 6) is 1.01. The molecule has 1 aliphatic heterocycles. The molecule has 0 aliphatic carbocycles. The van der Waals surface area contributed by atoms with E-state index in [1.165, 1.54) is 12.1 Å². The van der Waals surface area contributed by atoms with Crippen LogP contribution in [0.4, 0.5) is 5.69 Å². The number of carbonyl (C=O) groups excluding carboxylic acids is 1. The number of aromatic hydroxyl groups is 1. The monoisotopic (exact) mass is 342 g/mol. The van der Waals surface area contributed by atoms with Crippen LogP contribution in [0.5, 0.6) is 17.2 Å². The third-order valence-electron chi connectivity index (χ3n) is 3.79. The third-order valence-corrected chi connectivity index (χ3v) is 3.79. The average Bonchev–Trinajstić information content (AvgIpc) is 3.11. The van der Waals surface area contributed by atoms with E-state index in [1.54, 1.807) is 44.6 Å². The molecule has 0 unspecified atom stereocenters. The third kappa shape index (κ3) is 3.65. The number of nitrogens with zero attached hydrogens (tertiary/aromatic N) is 1. The predicted octanol–water partition coefficient (Wildman–Crippen LogP) is 2.54. The number of anilines is 1. The van der Waals surface area contributed by atoms with Crippen LogP contribution < -0.4 is 14.8 Å². The van der Waals surface area contributed by atoms with Crippen LogP contribution in [0.15, 0.2) is 47.6 Å². The summed E-state index contributed by atoms with van der Waals surface area (Å²) in [5.41, 5.74) is 1.81. The van der Waals surface area contributed by atoms with Crippen molar-refractivity contribution < 1.29 is 24.2 Å². The van der Waals surface area contributed by atoms with Gasteiger partial charge in [-0.05, 0) is 30.3 Å². The van der Waals surface area contributed by atoms with Crippen LogP contribution in [0.3, 0.4) is 0 Å². The first kappa shape index (κ1) is 16.6. The molecule has 1 heterocycles. The molecular weight excluding hydrogens is 324 g/mol. The highest BCUT2D eigenvalue weighted by molar-refractivity contribution is 6.07. The molecule has 7 heteroatoms. The number of ether oxygens (including phenoxy) is 2. The highest BCUT2D eigenvalue weighted by Gasteiger charge is 2.30. The van der Waals surface area contributed by atoms with E-state index >= 15 is 0 Å². The van der Waals surface area contributed by atoms with Crippen molar-refractivity contribution in [2.24, 2.45) is 5.16 Å². The first-order valence-corrected chi connectivity index (χ1v) is 7.65. The number of hydrogen-bond donors (Lipinski definition) is 2. The summed E-state index contributed by atoms with van der Waals surface area (Å²) in [6, 6.07) is 11.7. The van der Waals surface area contributed by atoms with Gasteiger partial charge in [-0.15, -0.1) is 0 Å². The zero-order valence-electron chi connectivity index (χ0n) is 13.9. The molecule has 0 fully saturated rings. The van der Waals surface area contributed by atoms with Gasteiger partial charge in [-0.25, -0.2) is 0 Å². The Bertz CT molecular complexity index is 819. The zero-order chi connectivity index (χ0) is 17.8. The number of hydrogen-bond acceptors (Lipinski definition) is 6. The normalized spacial score (nSPS) is 15.9. The van der Waals surface area contributed by atoms with E-state index in [1.807, 2.05) is 0 Å². The van der Waals surface area contributed by atoms with Gasteiger partial charge < -0.3 is 24.7 Å². The van der Waals surface area contributed by atoms with Crippen LogP contribution in [0, 0.1) is 0 Å². The summed E-state index contributed by atoms with van der Waals surface area (Å²) in [4.78, 5) is 17.6. The summed E-state index contributed by atoms with van der Waals surface area (Å²) in [7, 11) is 3.14. The fourth-order valence-electron chi connectivity index (χ4n) is 2.52. The van der Waals surface area contributed by atoms with Crippen molar-refractivity contribution in [2.45, 2.75) is 12.5 Å². The Balaban J connectivity index is 1.72. The first-order chi connectivity index (χ1) is 12.1. The van der Waals surface area contributed by atoms with Crippen LogP contribution in [-0.4, -0.2) is 37.0 Å². The van der Waals surface area contributed by atoms with Crippen molar-refractivity contribution in [1.29, 1.82) is 0 Å². The molecule has 25 heavy (non-hydrogen) atoms. The number of phenolic OH excluding ortho intramolecular Hbond substituents is 1. The number of benzene rings is 2. The van der Waals surface area contributed by atoms with Gasteiger partial charge in [0.15, 0.2) is 0 Å². The second-order valence-electron chi connectivity index (χ2n) is 5.44. The minimum atomic E-state index is -0.756. The van der Waals surface area contributed by atoms with Gasteiger partial charge in [0, 0.05) is 23.7 Å². The van der Waals surface area contributed by atoms with E-state index in [4.69, 9.17) is 14.3 Å². The second-order valence-corrected chi connectivity index (χ2v) is 5.44. The zero-order valence-corrected chi connectivity index (χ0v) is 13.9. The lowest BCUT2D eigenvalue weighted by Gasteiger charge is -2.11. The highest BCUT2D eigenvalue weighted by Crippen LogP contribution is 2.29. The van der Waals surface area contributed by atoms with Crippen LogP contribution in [0.25, 0.3) is 0 Å². The molecule has 0 spiro atoms. The van der Waals surface area contributed by atoms with E-state index in [-0.39, 0.29) is 11.7 Å². The summed E-state index contributed by atoms with van der Waals surface area (Å²) in [6.07, 6.45) is -0.456. The molecular formula is C18H18N2O5. The molecule has 1 aliphatic rings. The average molecular weight is 342 g/mol. The lowest BCUT2D eigenvalue weighted by atomic mass is 10.0. The lowest BCUT2D eigenvalue weighted by Crippen LogP contribution is -2.28. The SMILES string of the molecule is COc1ccc(OC)c(C2=NO[C@H](C(=O)Nc3cccc(O)c3)C2)c1. The topological polar surface area (TPSA) is 89.4 Å². The molecule has 1 amide bonds. The van der Waals surface area contributed by atoms with Crippen LogP contribution in [0.2, 0.25) is 0 Å². The quantitative estimate of drug-likeness (QED) is 0.871. The predicted molar refractivity (Wildman–Crippen MR) is 92.3 cm³/mol. The molecule has 0 bridgehead atoms. The van der Waals surface area contributed by atoms with E-state index < -0.39 is 6.10 Å². The fourth-order valence-corrected chi connectivity index (χ4v) is 2.52.